The smallest absolute Gasteiger partial charge is 0.166 e. The molecule has 19 heavy (non-hydrogen) atoms. The van der Waals surface area contributed by atoms with Crippen molar-refractivity contribution >= 4 is 16.7 Å². The molecule has 2 heterocycles. The average molecular weight is 255 g/mol. The van der Waals surface area contributed by atoms with E-state index < -0.39 is 0 Å². The minimum Gasteiger partial charge on any atom is -0.378 e. The Hall–Kier alpha value is -1.74. The van der Waals surface area contributed by atoms with E-state index in [4.69, 9.17) is 4.74 Å². The monoisotopic (exact) mass is 255 g/mol. The molecule has 0 bridgehead atoms. The summed E-state index contributed by atoms with van der Waals surface area (Å²) in [6.45, 7) is 0.787. The van der Waals surface area contributed by atoms with Gasteiger partial charge in [0.05, 0.1) is 11.6 Å². The first-order valence-electron chi connectivity index (χ1n) is 6.83. The van der Waals surface area contributed by atoms with Crippen molar-refractivity contribution in [3.63, 3.8) is 0 Å². The lowest BCUT2D eigenvalue weighted by molar-refractivity contribution is 0.0129. The maximum absolute atomic E-state index is 12.4. The standard InChI is InChI=1S/C16H17NO2/c18-16(11-12-5-1-2-10-19-12)14-6-3-8-15-13(14)7-4-9-17-15/h3-4,6-9,12H,1-2,5,10-11H2. The Morgan fingerprint density at radius 3 is 3.05 bits per heavy atom. The fraction of sp³-hybridized carbons (Fsp3) is 0.375. The number of hydrogen-bond donors (Lipinski definition) is 0. The van der Waals surface area contributed by atoms with Gasteiger partial charge in [-0.1, -0.05) is 18.2 Å². The molecule has 3 nitrogen and oxygen atoms in total. The Morgan fingerprint density at radius 2 is 2.21 bits per heavy atom. The first-order valence-corrected chi connectivity index (χ1v) is 6.83. The van der Waals surface area contributed by atoms with Crippen LogP contribution in [0.5, 0.6) is 0 Å². The molecule has 3 heteroatoms. The highest BCUT2D eigenvalue weighted by molar-refractivity contribution is 6.07. The molecule has 1 fully saturated rings. The Bertz CT molecular complexity index is 583. The van der Waals surface area contributed by atoms with Gasteiger partial charge in [-0.25, -0.2) is 0 Å². The molecule has 0 aliphatic carbocycles. The summed E-state index contributed by atoms with van der Waals surface area (Å²) >= 11 is 0. The van der Waals surface area contributed by atoms with Crippen molar-refractivity contribution in [2.45, 2.75) is 31.8 Å². The van der Waals surface area contributed by atoms with Gasteiger partial charge in [-0.05, 0) is 31.4 Å². The lowest BCUT2D eigenvalue weighted by Crippen LogP contribution is -2.22. The van der Waals surface area contributed by atoms with Gasteiger partial charge in [-0.3, -0.25) is 9.78 Å². The zero-order valence-corrected chi connectivity index (χ0v) is 10.8. The van der Waals surface area contributed by atoms with Crippen LogP contribution in [0.25, 0.3) is 10.9 Å². The quantitative estimate of drug-likeness (QED) is 0.789. The number of pyridine rings is 1. The number of ether oxygens (including phenoxy) is 1. The van der Waals surface area contributed by atoms with Crippen LogP contribution in [-0.4, -0.2) is 23.5 Å². The number of carbonyl (C=O) groups excluding carboxylic acids is 1. The highest BCUT2D eigenvalue weighted by Crippen LogP contribution is 2.22. The molecule has 1 saturated heterocycles. The van der Waals surface area contributed by atoms with Gasteiger partial charge in [0, 0.05) is 30.2 Å². The third kappa shape index (κ3) is 2.66. The summed E-state index contributed by atoms with van der Waals surface area (Å²) in [5.74, 6) is 0.158. The Balaban J connectivity index is 1.85. The van der Waals surface area contributed by atoms with Crippen LogP contribution in [0.3, 0.4) is 0 Å². The molecule has 0 saturated carbocycles. The molecule has 0 N–H and O–H groups in total. The summed E-state index contributed by atoms with van der Waals surface area (Å²) in [4.78, 5) is 16.7. The number of fused-ring (bicyclic) bond motifs is 1. The van der Waals surface area contributed by atoms with Crippen molar-refractivity contribution in [3.8, 4) is 0 Å². The Morgan fingerprint density at radius 1 is 1.26 bits per heavy atom. The molecular formula is C16H17NO2. The van der Waals surface area contributed by atoms with E-state index in [2.05, 4.69) is 4.98 Å². The normalized spacial score (nSPS) is 19.5. The van der Waals surface area contributed by atoms with Gasteiger partial charge in [-0.2, -0.15) is 0 Å². The number of ketones is 1. The van der Waals surface area contributed by atoms with E-state index in [0.29, 0.717) is 6.42 Å². The lowest BCUT2D eigenvalue weighted by Gasteiger charge is -2.22. The molecule has 1 aliphatic heterocycles. The second-order valence-corrected chi connectivity index (χ2v) is 4.99. The van der Waals surface area contributed by atoms with Crippen LogP contribution in [0.1, 0.15) is 36.0 Å². The first kappa shape index (κ1) is 12.3. The highest BCUT2D eigenvalue weighted by Gasteiger charge is 2.19. The van der Waals surface area contributed by atoms with Crippen molar-refractivity contribution in [3.05, 3.63) is 42.1 Å². The fourth-order valence-electron chi connectivity index (χ4n) is 2.63. The molecule has 1 atom stereocenters. The van der Waals surface area contributed by atoms with Gasteiger partial charge in [0.1, 0.15) is 0 Å². The molecule has 0 amide bonds. The highest BCUT2D eigenvalue weighted by atomic mass is 16.5. The summed E-state index contributed by atoms with van der Waals surface area (Å²) in [6.07, 6.45) is 5.59. The maximum Gasteiger partial charge on any atom is 0.166 e. The Labute approximate surface area is 112 Å². The summed E-state index contributed by atoms with van der Waals surface area (Å²) < 4.78 is 5.65. The number of benzene rings is 1. The molecule has 0 radical (unpaired) electrons. The molecule has 3 rings (SSSR count). The Kier molecular flexibility index (Phi) is 3.56. The van der Waals surface area contributed by atoms with Crippen molar-refractivity contribution < 1.29 is 9.53 Å². The summed E-state index contributed by atoms with van der Waals surface area (Å²) in [7, 11) is 0. The number of nitrogens with zero attached hydrogens (tertiary/aromatic N) is 1. The van der Waals surface area contributed by atoms with E-state index in [-0.39, 0.29) is 11.9 Å². The lowest BCUT2D eigenvalue weighted by atomic mass is 9.97. The molecule has 1 aliphatic rings. The molecule has 1 unspecified atom stereocenters. The molecule has 1 aromatic carbocycles. The van der Waals surface area contributed by atoms with E-state index in [1.807, 2.05) is 30.3 Å². The van der Waals surface area contributed by atoms with Crippen molar-refractivity contribution in [2.75, 3.05) is 6.61 Å². The minimum atomic E-state index is 0.0909. The van der Waals surface area contributed by atoms with E-state index in [9.17, 15) is 4.79 Å². The van der Waals surface area contributed by atoms with E-state index in [0.717, 1.165) is 42.3 Å². The SMILES string of the molecule is O=C(CC1CCCCO1)c1cccc2ncccc12. The van der Waals surface area contributed by atoms with Crippen LogP contribution in [0, 0.1) is 0 Å². The fourth-order valence-corrected chi connectivity index (χ4v) is 2.63. The maximum atomic E-state index is 12.4. The van der Waals surface area contributed by atoms with Crippen LogP contribution in [0.2, 0.25) is 0 Å². The summed E-state index contributed by atoms with van der Waals surface area (Å²) in [5.41, 5.74) is 1.64. The molecule has 1 aromatic heterocycles. The van der Waals surface area contributed by atoms with E-state index in [1.54, 1.807) is 6.20 Å². The zero-order chi connectivity index (χ0) is 13.1. The summed E-state index contributed by atoms with van der Waals surface area (Å²) in [5, 5.41) is 0.936. The number of aromatic nitrogens is 1. The van der Waals surface area contributed by atoms with Gasteiger partial charge < -0.3 is 4.74 Å². The van der Waals surface area contributed by atoms with Crippen LogP contribution >= 0.6 is 0 Å². The number of hydrogen-bond acceptors (Lipinski definition) is 3. The van der Waals surface area contributed by atoms with Crippen LogP contribution in [-0.2, 0) is 4.74 Å². The van der Waals surface area contributed by atoms with Crippen LogP contribution in [0.15, 0.2) is 36.5 Å². The second kappa shape index (κ2) is 5.49. The van der Waals surface area contributed by atoms with Crippen LogP contribution in [0.4, 0.5) is 0 Å². The van der Waals surface area contributed by atoms with Crippen molar-refractivity contribution in [1.29, 1.82) is 0 Å². The van der Waals surface area contributed by atoms with Crippen LogP contribution < -0.4 is 0 Å². The second-order valence-electron chi connectivity index (χ2n) is 4.99. The number of Topliss-reactive ketones (excluding diaryl/α,β-unsaturated/α-hetero) is 1. The first-order chi connectivity index (χ1) is 9.34. The predicted octanol–water partition coefficient (Wildman–Crippen LogP) is 3.38. The average Bonchev–Trinajstić information content (AvgIpc) is 2.47. The third-order valence-corrected chi connectivity index (χ3v) is 3.63. The number of carbonyl (C=O) groups is 1. The molecule has 98 valence electrons. The zero-order valence-electron chi connectivity index (χ0n) is 10.8. The third-order valence-electron chi connectivity index (χ3n) is 3.63. The van der Waals surface area contributed by atoms with E-state index in [1.165, 1.54) is 0 Å². The van der Waals surface area contributed by atoms with Gasteiger partial charge in [-0.15, -0.1) is 0 Å². The van der Waals surface area contributed by atoms with Crippen molar-refractivity contribution in [1.82, 2.24) is 4.98 Å². The largest absolute Gasteiger partial charge is 0.378 e. The van der Waals surface area contributed by atoms with Gasteiger partial charge in [0.2, 0.25) is 0 Å². The summed E-state index contributed by atoms with van der Waals surface area (Å²) in [6, 6.07) is 9.54. The topological polar surface area (TPSA) is 39.2 Å². The molecule has 0 spiro atoms. The van der Waals surface area contributed by atoms with E-state index >= 15 is 0 Å². The van der Waals surface area contributed by atoms with Crippen molar-refractivity contribution in [2.24, 2.45) is 0 Å². The van der Waals surface area contributed by atoms with Gasteiger partial charge in [0.25, 0.3) is 0 Å². The minimum absolute atomic E-state index is 0.0909. The predicted molar refractivity (Wildman–Crippen MR) is 74.3 cm³/mol. The number of rotatable bonds is 3. The van der Waals surface area contributed by atoms with Gasteiger partial charge in [0.15, 0.2) is 5.78 Å². The van der Waals surface area contributed by atoms with Gasteiger partial charge >= 0.3 is 0 Å². The molecular weight excluding hydrogens is 238 g/mol. The molecule has 2 aromatic rings.